The number of rotatable bonds is 5. The summed E-state index contributed by atoms with van der Waals surface area (Å²) in [5.74, 6) is -0.586. The molecule has 0 radical (unpaired) electrons. The topological polar surface area (TPSA) is 149 Å². The van der Waals surface area contributed by atoms with Gasteiger partial charge >= 0.3 is 6.03 Å². The summed E-state index contributed by atoms with van der Waals surface area (Å²) in [5, 5.41) is 4.23. The molecular weight excluding hydrogens is 330 g/mol. The number of nitrogens with two attached hydrogens (primary N) is 2. The van der Waals surface area contributed by atoms with Crippen molar-refractivity contribution in [2.75, 3.05) is 18.0 Å². The number of urea groups is 1. The maximum Gasteiger partial charge on any atom is 0.321 e. The zero-order chi connectivity index (χ0) is 17.5. The second-order valence-electron chi connectivity index (χ2n) is 4.59. The number of carbonyl (C=O) groups excluding carboxylic acids is 2. The van der Waals surface area contributed by atoms with Crippen molar-refractivity contribution in [2.45, 2.75) is 17.3 Å². The molecule has 0 unspecified atom stereocenters. The molecule has 2 aromatic rings. The SMILES string of the molecule is CCNC(=O)NC(=O)[C@@H](Sc1nc(N)nc(N)n1)c1ccccc1. The van der Waals surface area contributed by atoms with Crippen LogP contribution < -0.4 is 22.1 Å². The van der Waals surface area contributed by atoms with E-state index in [4.69, 9.17) is 11.5 Å². The molecule has 1 aromatic heterocycles. The minimum absolute atomic E-state index is 0.0408. The minimum atomic E-state index is -0.755. The van der Waals surface area contributed by atoms with Crippen LogP contribution in [0.25, 0.3) is 0 Å². The lowest BCUT2D eigenvalue weighted by atomic mass is 10.1. The third-order valence-corrected chi connectivity index (χ3v) is 3.90. The highest BCUT2D eigenvalue weighted by atomic mass is 32.2. The van der Waals surface area contributed by atoms with Gasteiger partial charge in [0.25, 0.3) is 0 Å². The Morgan fingerprint density at radius 3 is 2.33 bits per heavy atom. The fourth-order valence-electron chi connectivity index (χ4n) is 1.83. The lowest BCUT2D eigenvalue weighted by Crippen LogP contribution is -2.41. The summed E-state index contributed by atoms with van der Waals surface area (Å²) in [6.07, 6.45) is 0. The van der Waals surface area contributed by atoms with E-state index in [0.717, 1.165) is 11.8 Å². The molecule has 0 bridgehead atoms. The minimum Gasteiger partial charge on any atom is -0.368 e. The van der Waals surface area contributed by atoms with Crippen LogP contribution in [-0.4, -0.2) is 33.4 Å². The van der Waals surface area contributed by atoms with Crippen molar-refractivity contribution in [3.63, 3.8) is 0 Å². The van der Waals surface area contributed by atoms with Crippen LogP contribution in [0, 0.1) is 0 Å². The van der Waals surface area contributed by atoms with Gasteiger partial charge in [0.2, 0.25) is 17.8 Å². The Balaban J connectivity index is 2.26. The highest BCUT2D eigenvalue weighted by Gasteiger charge is 2.25. The fraction of sp³-hybridized carbons (Fsp3) is 0.214. The van der Waals surface area contributed by atoms with Crippen molar-refractivity contribution in [1.29, 1.82) is 0 Å². The number of benzene rings is 1. The third kappa shape index (κ3) is 4.81. The van der Waals surface area contributed by atoms with E-state index in [0.29, 0.717) is 12.1 Å². The number of hydrogen-bond acceptors (Lipinski definition) is 8. The number of carbonyl (C=O) groups is 2. The van der Waals surface area contributed by atoms with E-state index < -0.39 is 17.2 Å². The number of anilines is 2. The van der Waals surface area contributed by atoms with E-state index in [1.165, 1.54) is 0 Å². The van der Waals surface area contributed by atoms with Gasteiger partial charge in [-0.2, -0.15) is 15.0 Å². The zero-order valence-electron chi connectivity index (χ0n) is 12.9. The molecular formula is C14H17N7O2S. The molecule has 2 rings (SSSR count). The molecule has 1 atom stereocenters. The number of aromatic nitrogens is 3. The average Bonchev–Trinajstić information content (AvgIpc) is 2.52. The van der Waals surface area contributed by atoms with Gasteiger partial charge in [-0.25, -0.2) is 4.79 Å². The molecule has 0 spiro atoms. The molecule has 0 fully saturated rings. The number of imide groups is 1. The molecule has 10 heteroatoms. The summed E-state index contributed by atoms with van der Waals surface area (Å²) in [7, 11) is 0. The molecule has 24 heavy (non-hydrogen) atoms. The van der Waals surface area contributed by atoms with Gasteiger partial charge in [0.1, 0.15) is 5.25 Å². The van der Waals surface area contributed by atoms with E-state index in [-0.39, 0.29) is 17.1 Å². The lowest BCUT2D eigenvalue weighted by Gasteiger charge is -2.15. The summed E-state index contributed by atoms with van der Waals surface area (Å²) in [4.78, 5) is 35.7. The number of nitrogens with one attached hydrogen (secondary N) is 2. The molecule has 0 saturated heterocycles. The first-order valence-corrected chi connectivity index (χ1v) is 7.95. The highest BCUT2D eigenvalue weighted by Crippen LogP contribution is 2.33. The van der Waals surface area contributed by atoms with Crippen molar-refractivity contribution in [3.8, 4) is 0 Å². The summed E-state index contributed by atoms with van der Waals surface area (Å²) in [6, 6.07) is 8.37. The van der Waals surface area contributed by atoms with Gasteiger partial charge in [-0.1, -0.05) is 42.1 Å². The van der Waals surface area contributed by atoms with Crippen LogP contribution >= 0.6 is 11.8 Å². The molecule has 3 amide bonds. The maximum absolute atomic E-state index is 12.5. The number of nitrogens with zero attached hydrogens (tertiary/aromatic N) is 3. The molecule has 1 aromatic carbocycles. The van der Waals surface area contributed by atoms with Gasteiger partial charge in [-0.3, -0.25) is 10.1 Å². The van der Waals surface area contributed by atoms with E-state index in [9.17, 15) is 9.59 Å². The van der Waals surface area contributed by atoms with Crippen molar-refractivity contribution in [3.05, 3.63) is 35.9 Å². The average molecular weight is 347 g/mol. The molecule has 0 saturated carbocycles. The maximum atomic E-state index is 12.5. The normalized spacial score (nSPS) is 11.5. The molecule has 6 N–H and O–H groups in total. The quantitative estimate of drug-likeness (QED) is 0.578. The van der Waals surface area contributed by atoms with Crippen LogP contribution in [0.2, 0.25) is 0 Å². The van der Waals surface area contributed by atoms with E-state index in [2.05, 4.69) is 25.6 Å². The van der Waals surface area contributed by atoms with Crippen molar-refractivity contribution < 1.29 is 9.59 Å². The summed E-state index contributed by atoms with van der Waals surface area (Å²) in [5.41, 5.74) is 11.8. The van der Waals surface area contributed by atoms with Crippen LogP contribution in [0.3, 0.4) is 0 Å². The predicted octanol–water partition coefficient (Wildman–Crippen LogP) is 0.715. The van der Waals surface area contributed by atoms with Crippen molar-refractivity contribution in [2.24, 2.45) is 0 Å². The number of hydrogen-bond donors (Lipinski definition) is 4. The number of nitrogen functional groups attached to an aromatic ring is 2. The standard InChI is InChI=1S/C14H17N7O2S/c1-2-17-13(23)18-10(22)9(8-6-4-3-5-7-8)24-14-20-11(15)19-12(16)21-14/h3-7,9H,2H2,1H3,(H2,17,18,22,23)(H4,15,16,19,20,21)/t9-/m0/s1. The summed E-state index contributed by atoms with van der Waals surface area (Å²) in [6.45, 7) is 2.16. The Morgan fingerprint density at radius 1 is 1.12 bits per heavy atom. The second-order valence-corrected chi connectivity index (χ2v) is 5.66. The van der Waals surface area contributed by atoms with Crippen LogP contribution in [-0.2, 0) is 4.79 Å². The molecule has 1 heterocycles. The summed E-state index contributed by atoms with van der Waals surface area (Å²) < 4.78 is 0. The van der Waals surface area contributed by atoms with Gasteiger partial charge in [0.15, 0.2) is 5.16 Å². The van der Waals surface area contributed by atoms with Gasteiger partial charge in [-0.15, -0.1) is 0 Å². The van der Waals surface area contributed by atoms with Gasteiger partial charge in [0.05, 0.1) is 0 Å². The Labute approximate surface area is 142 Å². The van der Waals surface area contributed by atoms with Gasteiger partial charge in [-0.05, 0) is 12.5 Å². The Bertz CT molecular complexity index is 706. The lowest BCUT2D eigenvalue weighted by molar-refractivity contribution is -0.119. The molecule has 0 aliphatic rings. The Kier molecular flexibility index (Phi) is 5.90. The van der Waals surface area contributed by atoms with E-state index >= 15 is 0 Å². The summed E-state index contributed by atoms with van der Waals surface area (Å²) >= 11 is 1.02. The van der Waals surface area contributed by atoms with E-state index in [1.807, 2.05) is 6.07 Å². The third-order valence-electron chi connectivity index (χ3n) is 2.79. The zero-order valence-corrected chi connectivity index (χ0v) is 13.7. The highest BCUT2D eigenvalue weighted by molar-refractivity contribution is 8.00. The first-order valence-electron chi connectivity index (χ1n) is 7.07. The number of thioether (sulfide) groups is 1. The fourth-order valence-corrected chi connectivity index (χ4v) is 2.79. The van der Waals surface area contributed by atoms with Gasteiger partial charge < -0.3 is 16.8 Å². The molecule has 0 aliphatic heterocycles. The van der Waals surface area contributed by atoms with Crippen molar-refractivity contribution in [1.82, 2.24) is 25.6 Å². The Hall–Kier alpha value is -2.88. The van der Waals surface area contributed by atoms with Crippen LogP contribution in [0.15, 0.2) is 35.5 Å². The molecule has 0 aliphatic carbocycles. The largest absolute Gasteiger partial charge is 0.368 e. The first kappa shape index (κ1) is 17.5. The monoisotopic (exact) mass is 347 g/mol. The van der Waals surface area contributed by atoms with Crippen LogP contribution in [0.1, 0.15) is 17.7 Å². The predicted molar refractivity (Wildman–Crippen MR) is 90.9 cm³/mol. The first-order chi connectivity index (χ1) is 11.5. The van der Waals surface area contributed by atoms with Crippen molar-refractivity contribution >= 4 is 35.6 Å². The number of amides is 3. The van der Waals surface area contributed by atoms with Crippen LogP contribution in [0.5, 0.6) is 0 Å². The Morgan fingerprint density at radius 2 is 1.75 bits per heavy atom. The van der Waals surface area contributed by atoms with Crippen LogP contribution in [0.4, 0.5) is 16.7 Å². The van der Waals surface area contributed by atoms with Gasteiger partial charge in [0, 0.05) is 6.54 Å². The van der Waals surface area contributed by atoms with E-state index in [1.54, 1.807) is 31.2 Å². The molecule has 126 valence electrons. The molecule has 9 nitrogen and oxygen atoms in total. The second kappa shape index (κ2) is 8.11. The smallest absolute Gasteiger partial charge is 0.321 e.